The monoisotopic (exact) mass is 457 g/mol. The van der Waals surface area contributed by atoms with Crippen LogP contribution in [-0.4, -0.2) is 53.8 Å². The summed E-state index contributed by atoms with van der Waals surface area (Å²) in [5.74, 6) is -0.869. The number of hydrogen-bond acceptors (Lipinski definition) is 3. The molecule has 0 bridgehead atoms. The van der Waals surface area contributed by atoms with Gasteiger partial charge in [0.2, 0.25) is 0 Å². The molecule has 4 rings (SSSR count). The van der Waals surface area contributed by atoms with Crippen LogP contribution in [0.15, 0.2) is 47.8 Å². The van der Waals surface area contributed by atoms with Crippen LogP contribution in [0.4, 0.5) is 5.69 Å². The van der Waals surface area contributed by atoms with Gasteiger partial charge in [-0.25, -0.2) is 0 Å². The van der Waals surface area contributed by atoms with E-state index in [1.807, 2.05) is 39.6 Å². The number of carboxylic acids is 1. The van der Waals surface area contributed by atoms with Gasteiger partial charge < -0.3 is 0 Å². The van der Waals surface area contributed by atoms with E-state index in [-0.39, 0.29) is 14.5 Å². The van der Waals surface area contributed by atoms with Crippen molar-refractivity contribution in [2.45, 2.75) is 0 Å². The molecule has 1 N–H and O–H groups in total. The number of anilines is 1. The molecule has 6 heteroatoms. The Bertz CT molecular complexity index is 1250. The molecular formula is C22H21N2O2SSe+. The molecule has 4 nitrogen and oxygen atoms in total. The molecule has 2 aliphatic rings. The first-order chi connectivity index (χ1) is 13.4. The van der Waals surface area contributed by atoms with Crippen LogP contribution in [0.5, 0.6) is 0 Å². The van der Waals surface area contributed by atoms with Crippen LogP contribution in [0.3, 0.4) is 0 Å². The summed E-state index contributed by atoms with van der Waals surface area (Å²) >= 11 is 1.44. The van der Waals surface area contributed by atoms with Crippen molar-refractivity contribution in [2.75, 3.05) is 33.1 Å². The quantitative estimate of drug-likeness (QED) is 0.292. The number of carbonyl (C=O) groups is 1. The van der Waals surface area contributed by atoms with Crippen LogP contribution in [0, 0.1) is 0 Å². The van der Waals surface area contributed by atoms with E-state index in [0.29, 0.717) is 4.88 Å². The number of benzene rings is 2. The molecule has 28 heavy (non-hydrogen) atoms. The van der Waals surface area contributed by atoms with Gasteiger partial charge in [-0.1, -0.05) is 0 Å². The first kappa shape index (κ1) is 18.9. The van der Waals surface area contributed by atoms with Gasteiger partial charge in [-0.05, 0) is 0 Å². The van der Waals surface area contributed by atoms with Gasteiger partial charge in [-0.2, -0.15) is 0 Å². The van der Waals surface area contributed by atoms with E-state index in [4.69, 9.17) is 0 Å². The van der Waals surface area contributed by atoms with Gasteiger partial charge in [-0.15, -0.1) is 0 Å². The number of nitrogens with zero attached hydrogens (tertiary/aromatic N) is 2. The zero-order valence-corrected chi connectivity index (χ0v) is 18.7. The molecule has 1 aromatic carbocycles. The maximum absolute atomic E-state index is 11.8. The van der Waals surface area contributed by atoms with Crippen LogP contribution >= 0.6 is 11.3 Å². The Kier molecular flexibility index (Phi) is 4.88. The average Bonchev–Trinajstić information content (AvgIpc) is 3.14. The van der Waals surface area contributed by atoms with Gasteiger partial charge in [0.05, 0.1) is 0 Å². The van der Waals surface area contributed by atoms with Crippen molar-refractivity contribution in [3.05, 3.63) is 58.1 Å². The number of rotatable bonds is 3. The molecule has 142 valence electrons. The van der Waals surface area contributed by atoms with Crippen molar-refractivity contribution in [2.24, 2.45) is 0 Å². The molecule has 1 aliphatic carbocycles. The second-order valence-corrected chi connectivity index (χ2v) is 10.3. The molecule has 0 saturated heterocycles. The zero-order chi connectivity index (χ0) is 20.0. The summed E-state index contributed by atoms with van der Waals surface area (Å²) in [7, 11) is 8.17. The van der Waals surface area contributed by atoms with E-state index in [2.05, 4.69) is 45.9 Å². The fourth-order valence-electron chi connectivity index (χ4n) is 3.39. The second kappa shape index (κ2) is 7.21. The summed E-state index contributed by atoms with van der Waals surface area (Å²) < 4.78 is 4.69. The number of aromatic carboxylic acids is 1. The molecule has 0 fully saturated rings. The number of thiophene rings is 1. The van der Waals surface area contributed by atoms with Gasteiger partial charge in [0.1, 0.15) is 0 Å². The first-order valence-electron chi connectivity index (χ1n) is 8.86. The van der Waals surface area contributed by atoms with E-state index in [1.165, 1.54) is 20.0 Å². The van der Waals surface area contributed by atoms with Crippen LogP contribution in [-0.2, 0) is 0 Å². The summed E-state index contributed by atoms with van der Waals surface area (Å²) in [5, 5.41) is 13.9. The zero-order valence-electron chi connectivity index (χ0n) is 16.2. The van der Waals surface area contributed by atoms with Crippen molar-refractivity contribution in [3.8, 4) is 21.1 Å². The average molecular weight is 456 g/mol. The molecule has 0 unspecified atom stereocenters. The Morgan fingerprint density at radius 1 is 1.07 bits per heavy atom. The molecule has 2 aromatic rings. The third kappa shape index (κ3) is 3.18. The van der Waals surface area contributed by atoms with Gasteiger partial charge in [-0.3, -0.25) is 0 Å². The minimum atomic E-state index is -0.869. The summed E-state index contributed by atoms with van der Waals surface area (Å²) in [6.45, 7) is 0. The Balaban J connectivity index is 2.17. The molecule has 0 radical (unpaired) electrons. The van der Waals surface area contributed by atoms with Crippen LogP contribution in [0.25, 0.3) is 30.8 Å². The van der Waals surface area contributed by atoms with E-state index >= 15 is 0 Å². The Labute approximate surface area is 173 Å². The summed E-state index contributed by atoms with van der Waals surface area (Å²) in [4.78, 5) is 14.3. The first-order valence-corrected chi connectivity index (χ1v) is 11.5. The summed E-state index contributed by atoms with van der Waals surface area (Å²) in [5.41, 5.74) is 4.16. The van der Waals surface area contributed by atoms with Crippen molar-refractivity contribution in [3.63, 3.8) is 0 Å². The van der Waals surface area contributed by atoms with Gasteiger partial charge in [0.25, 0.3) is 0 Å². The van der Waals surface area contributed by atoms with Crippen LogP contribution in [0.2, 0.25) is 0 Å². The molecule has 1 aliphatic heterocycles. The normalized spacial score (nSPS) is 11.1. The number of fused-ring (bicyclic) bond motifs is 2. The van der Waals surface area contributed by atoms with E-state index in [0.717, 1.165) is 33.1 Å². The second-order valence-electron chi connectivity index (χ2n) is 7.10. The van der Waals surface area contributed by atoms with E-state index < -0.39 is 5.97 Å². The van der Waals surface area contributed by atoms with Crippen molar-refractivity contribution in [1.82, 2.24) is 4.58 Å². The molecular weight excluding hydrogens is 435 g/mol. The minimum absolute atomic E-state index is 0.158. The SMILES string of the molecule is CN(C)c1ccc2c(-c3ccsc3C(=O)O)c3ccc(=[N+](C)C)cc-3[se]c2c1. The molecule has 1 aromatic heterocycles. The Morgan fingerprint density at radius 2 is 1.86 bits per heavy atom. The van der Waals surface area contributed by atoms with Gasteiger partial charge in [0.15, 0.2) is 0 Å². The fourth-order valence-corrected chi connectivity index (χ4v) is 6.55. The Morgan fingerprint density at radius 3 is 2.54 bits per heavy atom. The van der Waals surface area contributed by atoms with E-state index in [9.17, 15) is 9.90 Å². The molecule has 0 spiro atoms. The number of hydrogen-bond donors (Lipinski definition) is 1. The predicted molar refractivity (Wildman–Crippen MR) is 119 cm³/mol. The Hall–Kier alpha value is -2.40. The van der Waals surface area contributed by atoms with E-state index in [1.54, 1.807) is 0 Å². The van der Waals surface area contributed by atoms with Crippen molar-refractivity contribution >= 4 is 47.1 Å². The summed E-state index contributed by atoms with van der Waals surface area (Å²) in [6.07, 6.45) is 0. The maximum atomic E-state index is 11.8. The summed E-state index contributed by atoms with van der Waals surface area (Å²) in [6, 6.07) is 14.9. The molecule has 0 amide bonds. The van der Waals surface area contributed by atoms with Crippen LogP contribution < -0.4 is 14.8 Å². The van der Waals surface area contributed by atoms with Crippen LogP contribution in [0.1, 0.15) is 9.67 Å². The van der Waals surface area contributed by atoms with Crippen molar-refractivity contribution < 1.29 is 9.90 Å². The number of carboxylic acid groups (broad SMARTS) is 1. The molecule has 2 heterocycles. The molecule has 0 atom stereocenters. The third-order valence-electron chi connectivity index (χ3n) is 4.85. The fraction of sp³-hybridized carbons (Fsp3) is 0.182. The van der Waals surface area contributed by atoms with Gasteiger partial charge in [0, 0.05) is 0 Å². The molecule has 0 saturated carbocycles. The topological polar surface area (TPSA) is 43.6 Å². The standard InChI is InChI=1S/C22H20N2O2SSe/c1-23(2)13-5-7-15-18(11-13)28-19-12-14(24(3)4)6-8-16(19)20(15)17-9-10-27-21(17)22(25)26/h5-12H,1-4H3/p+1. The predicted octanol–water partition coefficient (Wildman–Crippen LogP) is 3.53. The van der Waals surface area contributed by atoms with Crippen molar-refractivity contribution in [1.29, 1.82) is 0 Å². The third-order valence-corrected chi connectivity index (χ3v) is 8.09. The van der Waals surface area contributed by atoms with Gasteiger partial charge >= 0.3 is 174 Å².